The minimum atomic E-state index is -0.414. The summed E-state index contributed by atoms with van der Waals surface area (Å²) in [6.45, 7) is 1.26. The van der Waals surface area contributed by atoms with E-state index < -0.39 is 5.91 Å². The molecule has 5 heteroatoms. The Hall–Kier alpha value is -2.04. The van der Waals surface area contributed by atoms with Crippen LogP contribution in [0, 0.1) is 0 Å². The van der Waals surface area contributed by atoms with Crippen molar-refractivity contribution in [1.29, 1.82) is 0 Å². The van der Waals surface area contributed by atoms with Gasteiger partial charge in [-0.3, -0.25) is 24.3 Å². The van der Waals surface area contributed by atoms with Crippen LogP contribution >= 0.6 is 0 Å². The third-order valence-corrected chi connectivity index (χ3v) is 1.61. The molecule has 1 heterocycles. The van der Waals surface area contributed by atoms with Crippen molar-refractivity contribution >= 4 is 24.3 Å². The molecule has 2 amide bonds. The normalized spacial score (nSPS) is 9.21. The Labute approximate surface area is 80.4 Å². The number of hydrogen-bond donors (Lipinski definition) is 0. The van der Waals surface area contributed by atoms with Crippen molar-refractivity contribution < 1.29 is 14.4 Å². The van der Waals surface area contributed by atoms with Gasteiger partial charge in [0.2, 0.25) is 12.3 Å². The molecule has 0 aliphatic rings. The van der Waals surface area contributed by atoms with Gasteiger partial charge in [0, 0.05) is 13.1 Å². The van der Waals surface area contributed by atoms with Gasteiger partial charge >= 0.3 is 0 Å². The predicted molar refractivity (Wildman–Crippen MR) is 48.8 cm³/mol. The van der Waals surface area contributed by atoms with Gasteiger partial charge in [0.15, 0.2) is 6.29 Å². The summed E-state index contributed by atoms with van der Waals surface area (Å²) >= 11 is 0. The molecule has 1 aromatic heterocycles. The molecule has 0 spiro atoms. The number of aromatic nitrogens is 1. The van der Waals surface area contributed by atoms with Crippen molar-refractivity contribution in [2.24, 2.45) is 0 Å². The average molecular weight is 192 g/mol. The Morgan fingerprint density at radius 3 is 2.71 bits per heavy atom. The fourth-order valence-corrected chi connectivity index (χ4v) is 0.968. The zero-order chi connectivity index (χ0) is 10.6. The van der Waals surface area contributed by atoms with Crippen LogP contribution in [-0.2, 0) is 9.59 Å². The molecule has 0 atom stereocenters. The number of nitrogens with zero attached hydrogens (tertiary/aromatic N) is 2. The van der Waals surface area contributed by atoms with E-state index >= 15 is 0 Å². The number of amides is 2. The van der Waals surface area contributed by atoms with Gasteiger partial charge in [-0.25, -0.2) is 0 Å². The van der Waals surface area contributed by atoms with Crippen LogP contribution in [0.15, 0.2) is 18.3 Å². The molecular weight excluding hydrogens is 184 g/mol. The SMILES string of the molecule is CC(=O)N(C=O)c1ccnc(C=O)c1. The second-order valence-corrected chi connectivity index (χ2v) is 2.55. The Morgan fingerprint density at radius 1 is 1.50 bits per heavy atom. The fraction of sp³-hybridized carbons (Fsp3) is 0.111. The van der Waals surface area contributed by atoms with Crippen LogP contribution in [0.25, 0.3) is 0 Å². The quantitative estimate of drug-likeness (QED) is 0.650. The molecule has 0 unspecified atom stereocenters. The lowest BCUT2D eigenvalue weighted by Crippen LogP contribution is -2.26. The number of rotatable bonds is 3. The van der Waals surface area contributed by atoms with E-state index in [4.69, 9.17) is 0 Å². The van der Waals surface area contributed by atoms with E-state index in [0.29, 0.717) is 18.4 Å². The summed E-state index contributed by atoms with van der Waals surface area (Å²) < 4.78 is 0. The molecule has 5 nitrogen and oxygen atoms in total. The third-order valence-electron chi connectivity index (χ3n) is 1.61. The summed E-state index contributed by atoms with van der Waals surface area (Å²) in [5.41, 5.74) is 0.514. The average Bonchev–Trinajstić information content (AvgIpc) is 2.19. The first-order chi connectivity index (χ1) is 6.69. The number of aldehydes is 1. The van der Waals surface area contributed by atoms with E-state index in [1.165, 1.54) is 25.3 Å². The molecule has 0 saturated carbocycles. The minimum absolute atomic E-state index is 0.176. The van der Waals surface area contributed by atoms with Gasteiger partial charge < -0.3 is 0 Å². The van der Waals surface area contributed by atoms with Crippen molar-refractivity contribution in [2.45, 2.75) is 6.92 Å². The second-order valence-electron chi connectivity index (χ2n) is 2.55. The fourth-order valence-electron chi connectivity index (χ4n) is 0.968. The number of anilines is 1. The van der Waals surface area contributed by atoms with E-state index in [2.05, 4.69) is 4.98 Å². The highest BCUT2D eigenvalue weighted by Gasteiger charge is 2.10. The summed E-state index contributed by atoms with van der Waals surface area (Å²) in [6, 6.07) is 2.84. The van der Waals surface area contributed by atoms with Gasteiger partial charge in [0.1, 0.15) is 5.69 Å². The maximum Gasteiger partial charge on any atom is 0.230 e. The lowest BCUT2D eigenvalue weighted by molar-refractivity contribution is -0.120. The maximum absolute atomic E-state index is 11.0. The Bertz CT molecular complexity index is 376. The van der Waals surface area contributed by atoms with Crippen molar-refractivity contribution in [2.75, 3.05) is 4.90 Å². The highest BCUT2D eigenvalue weighted by atomic mass is 16.2. The smallest absolute Gasteiger partial charge is 0.230 e. The number of imide groups is 1. The molecule has 0 bridgehead atoms. The molecule has 0 aliphatic heterocycles. The zero-order valence-corrected chi connectivity index (χ0v) is 7.51. The van der Waals surface area contributed by atoms with E-state index in [9.17, 15) is 14.4 Å². The first-order valence-electron chi connectivity index (χ1n) is 3.85. The Morgan fingerprint density at radius 2 is 2.21 bits per heavy atom. The highest BCUT2D eigenvalue weighted by Crippen LogP contribution is 2.12. The predicted octanol–water partition coefficient (Wildman–Crippen LogP) is 0.403. The molecule has 14 heavy (non-hydrogen) atoms. The minimum Gasteiger partial charge on any atom is -0.296 e. The van der Waals surface area contributed by atoms with Gasteiger partial charge in [-0.1, -0.05) is 0 Å². The van der Waals surface area contributed by atoms with Crippen LogP contribution in [0.4, 0.5) is 5.69 Å². The summed E-state index contributed by atoms with van der Waals surface area (Å²) in [4.78, 5) is 36.5. The summed E-state index contributed by atoms with van der Waals surface area (Å²) in [5.74, 6) is -0.414. The van der Waals surface area contributed by atoms with Gasteiger partial charge in [-0.05, 0) is 12.1 Å². The zero-order valence-electron chi connectivity index (χ0n) is 7.51. The molecule has 0 N–H and O–H groups in total. The first-order valence-corrected chi connectivity index (χ1v) is 3.85. The molecule has 0 saturated heterocycles. The standard InChI is InChI=1S/C9H8N2O3/c1-7(14)11(6-13)9-2-3-10-8(4-9)5-12/h2-6H,1H3. The van der Waals surface area contributed by atoms with Crippen LogP contribution in [0.1, 0.15) is 17.4 Å². The number of carbonyl (C=O) groups is 3. The van der Waals surface area contributed by atoms with Gasteiger partial charge in [-0.15, -0.1) is 0 Å². The largest absolute Gasteiger partial charge is 0.296 e. The molecule has 0 radical (unpaired) electrons. The molecular formula is C9H8N2O3. The number of pyridine rings is 1. The Kier molecular flexibility index (Phi) is 3.06. The van der Waals surface area contributed by atoms with Gasteiger partial charge in [-0.2, -0.15) is 0 Å². The molecule has 0 aromatic carbocycles. The summed E-state index contributed by atoms with van der Waals surface area (Å²) in [6.07, 6.45) is 2.30. The number of hydrogen-bond acceptors (Lipinski definition) is 4. The van der Waals surface area contributed by atoms with E-state index in [1.54, 1.807) is 0 Å². The van der Waals surface area contributed by atoms with Crippen molar-refractivity contribution in [3.63, 3.8) is 0 Å². The Balaban J connectivity index is 3.10. The highest BCUT2D eigenvalue weighted by molar-refractivity contribution is 6.05. The topological polar surface area (TPSA) is 67.3 Å². The molecule has 1 aromatic rings. The van der Waals surface area contributed by atoms with Crippen LogP contribution in [0.5, 0.6) is 0 Å². The summed E-state index contributed by atoms with van der Waals surface area (Å²) in [7, 11) is 0. The lowest BCUT2D eigenvalue weighted by Gasteiger charge is -2.12. The number of carbonyl (C=O) groups excluding carboxylic acids is 3. The molecule has 72 valence electrons. The second kappa shape index (κ2) is 4.27. The van der Waals surface area contributed by atoms with Gasteiger partial charge in [0.05, 0.1) is 5.69 Å². The monoisotopic (exact) mass is 192 g/mol. The lowest BCUT2D eigenvalue weighted by atomic mass is 10.3. The van der Waals surface area contributed by atoms with Crippen LogP contribution in [0.2, 0.25) is 0 Å². The van der Waals surface area contributed by atoms with Crippen LogP contribution in [-0.4, -0.2) is 23.6 Å². The van der Waals surface area contributed by atoms with Crippen molar-refractivity contribution in [3.8, 4) is 0 Å². The summed E-state index contributed by atoms with van der Waals surface area (Å²) in [5, 5.41) is 0. The third kappa shape index (κ3) is 2.01. The van der Waals surface area contributed by atoms with Gasteiger partial charge in [0.25, 0.3) is 0 Å². The van der Waals surface area contributed by atoms with Crippen molar-refractivity contribution in [3.05, 3.63) is 24.0 Å². The van der Waals surface area contributed by atoms with Crippen LogP contribution in [0.3, 0.4) is 0 Å². The maximum atomic E-state index is 11.0. The molecule has 1 rings (SSSR count). The van der Waals surface area contributed by atoms with E-state index in [1.807, 2.05) is 0 Å². The molecule has 0 aliphatic carbocycles. The van der Waals surface area contributed by atoms with E-state index in [0.717, 1.165) is 4.90 Å². The van der Waals surface area contributed by atoms with Crippen molar-refractivity contribution in [1.82, 2.24) is 4.98 Å². The first kappa shape index (κ1) is 10.0. The van der Waals surface area contributed by atoms with E-state index in [-0.39, 0.29) is 5.69 Å². The molecule has 0 fully saturated rings. The van der Waals surface area contributed by atoms with Crippen LogP contribution < -0.4 is 4.90 Å².